The SMILES string of the molecule is CNCCC1CN(c2ccc(Br)cc2)C(=O)CN1C. The molecule has 0 bridgehead atoms. The lowest BCUT2D eigenvalue weighted by Gasteiger charge is -2.39. The fourth-order valence-corrected chi connectivity index (χ4v) is 2.64. The lowest BCUT2D eigenvalue weighted by atomic mass is 10.1. The van der Waals surface area contributed by atoms with Crippen LogP contribution in [0.4, 0.5) is 5.69 Å². The van der Waals surface area contributed by atoms with Gasteiger partial charge in [0.1, 0.15) is 0 Å². The van der Waals surface area contributed by atoms with Gasteiger partial charge in [0, 0.05) is 22.7 Å². The molecule has 0 radical (unpaired) electrons. The van der Waals surface area contributed by atoms with E-state index in [0.717, 1.165) is 29.7 Å². The van der Waals surface area contributed by atoms with Crippen LogP contribution in [0, 0.1) is 0 Å². The van der Waals surface area contributed by atoms with E-state index in [1.165, 1.54) is 0 Å². The molecule has 0 saturated carbocycles. The van der Waals surface area contributed by atoms with Gasteiger partial charge in [-0.25, -0.2) is 0 Å². The number of likely N-dealkylation sites (N-methyl/N-ethyl adjacent to an activating group) is 1. The van der Waals surface area contributed by atoms with Gasteiger partial charge in [0.05, 0.1) is 6.54 Å². The van der Waals surface area contributed by atoms with Crippen molar-refractivity contribution in [3.63, 3.8) is 0 Å². The maximum atomic E-state index is 12.2. The number of nitrogens with one attached hydrogen (secondary N) is 1. The maximum Gasteiger partial charge on any atom is 0.241 e. The first-order chi connectivity index (χ1) is 9.11. The summed E-state index contributed by atoms with van der Waals surface area (Å²) in [6.07, 6.45) is 1.05. The third-order valence-electron chi connectivity index (χ3n) is 3.57. The van der Waals surface area contributed by atoms with Gasteiger partial charge < -0.3 is 10.2 Å². The smallest absolute Gasteiger partial charge is 0.241 e. The number of amides is 1. The van der Waals surface area contributed by atoms with Crippen LogP contribution in [-0.2, 0) is 4.79 Å². The number of anilines is 1. The molecule has 104 valence electrons. The first-order valence-electron chi connectivity index (χ1n) is 6.52. The molecule has 1 saturated heterocycles. The molecule has 1 aliphatic heterocycles. The topological polar surface area (TPSA) is 35.6 Å². The second kappa shape index (κ2) is 6.50. The minimum Gasteiger partial charge on any atom is -0.320 e. The molecule has 1 fully saturated rings. The number of hydrogen-bond acceptors (Lipinski definition) is 3. The van der Waals surface area contributed by atoms with Crippen molar-refractivity contribution in [3.05, 3.63) is 28.7 Å². The molecular weight excluding hydrogens is 306 g/mol. The molecule has 19 heavy (non-hydrogen) atoms. The fourth-order valence-electron chi connectivity index (χ4n) is 2.37. The predicted octanol–water partition coefficient (Wildman–Crippen LogP) is 1.71. The first-order valence-corrected chi connectivity index (χ1v) is 7.32. The highest BCUT2D eigenvalue weighted by Crippen LogP contribution is 2.22. The van der Waals surface area contributed by atoms with E-state index in [2.05, 4.69) is 26.1 Å². The van der Waals surface area contributed by atoms with Crippen LogP contribution in [0.5, 0.6) is 0 Å². The summed E-state index contributed by atoms with van der Waals surface area (Å²) in [5, 5.41) is 3.17. The maximum absolute atomic E-state index is 12.2. The van der Waals surface area contributed by atoms with E-state index in [1.54, 1.807) is 0 Å². The van der Waals surface area contributed by atoms with Crippen molar-refractivity contribution in [2.75, 3.05) is 38.6 Å². The molecule has 1 aromatic rings. The summed E-state index contributed by atoms with van der Waals surface area (Å²) in [7, 11) is 3.98. The van der Waals surface area contributed by atoms with Crippen LogP contribution >= 0.6 is 15.9 Å². The average Bonchev–Trinajstić information content (AvgIpc) is 2.39. The van der Waals surface area contributed by atoms with E-state index in [-0.39, 0.29) is 5.91 Å². The van der Waals surface area contributed by atoms with Gasteiger partial charge in [-0.3, -0.25) is 9.69 Å². The highest BCUT2D eigenvalue weighted by atomic mass is 79.9. The molecule has 0 aromatic heterocycles. The molecule has 1 N–H and O–H groups in total. The molecule has 5 heteroatoms. The number of carbonyl (C=O) groups is 1. The van der Waals surface area contributed by atoms with E-state index in [9.17, 15) is 4.79 Å². The number of benzene rings is 1. The fraction of sp³-hybridized carbons (Fsp3) is 0.500. The van der Waals surface area contributed by atoms with Crippen molar-refractivity contribution in [1.82, 2.24) is 10.2 Å². The molecule has 2 rings (SSSR count). The van der Waals surface area contributed by atoms with E-state index in [0.29, 0.717) is 12.6 Å². The number of piperazine rings is 1. The zero-order valence-electron chi connectivity index (χ0n) is 11.4. The number of hydrogen-bond donors (Lipinski definition) is 1. The van der Waals surface area contributed by atoms with E-state index in [4.69, 9.17) is 0 Å². The molecule has 1 amide bonds. The Morgan fingerprint density at radius 2 is 2.05 bits per heavy atom. The van der Waals surface area contributed by atoms with E-state index < -0.39 is 0 Å². The minimum absolute atomic E-state index is 0.172. The summed E-state index contributed by atoms with van der Waals surface area (Å²) in [6.45, 7) is 2.22. The van der Waals surface area contributed by atoms with E-state index in [1.807, 2.05) is 43.3 Å². The third kappa shape index (κ3) is 3.55. The van der Waals surface area contributed by atoms with Gasteiger partial charge in [-0.1, -0.05) is 15.9 Å². The lowest BCUT2D eigenvalue weighted by Crippen LogP contribution is -2.55. The standard InChI is InChI=1S/C14H20BrN3O/c1-16-8-7-13-9-18(14(19)10-17(13)2)12-5-3-11(15)4-6-12/h3-6,13,16H,7-10H2,1-2H3. The van der Waals surface area contributed by atoms with Gasteiger partial charge in [-0.05, 0) is 51.3 Å². The Bertz CT molecular complexity index is 435. The zero-order chi connectivity index (χ0) is 13.8. The van der Waals surface area contributed by atoms with Crippen LogP contribution in [0.25, 0.3) is 0 Å². The van der Waals surface area contributed by atoms with Crippen LogP contribution in [0.15, 0.2) is 28.7 Å². The van der Waals surface area contributed by atoms with Crippen molar-refractivity contribution in [2.45, 2.75) is 12.5 Å². The van der Waals surface area contributed by atoms with Gasteiger partial charge in [0.15, 0.2) is 0 Å². The van der Waals surface area contributed by atoms with Gasteiger partial charge in [-0.2, -0.15) is 0 Å². The predicted molar refractivity (Wildman–Crippen MR) is 81.5 cm³/mol. The van der Waals surface area contributed by atoms with Crippen LogP contribution in [0.2, 0.25) is 0 Å². The summed E-state index contributed by atoms with van der Waals surface area (Å²) in [4.78, 5) is 16.2. The summed E-state index contributed by atoms with van der Waals surface area (Å²) in [6, 6.07) is 8.34. The Balaban J connectivity index is 2.11. The van der Waals surface area contributed by atoms with Crippen molar-refractivity contribution in [3.8, 4) is 0 Å². The van der Waals surface area contributed by atoms with Crippen LogP contribution in [0.3, 0.4) is 0 Å². The molecule has 0 spiro atoms. The summed E-state index contributed by atoms with van der Waals surface area (Å²) < 4.78 is 1.03. The van der Waals surface area contributed by atoms with Crippen molar-refractivity contribution in [2.24, 2.45) is 0 Å². The highest BCUT2D eigenvalue weighted by molar-refractivity contribution is 9.10. The summed E-state index contributed by atoms with van der Waals surface area (Å²) >= 11 is 3.42. The molecule has 1 heterocycles. The third-order valence-corrected chi connectivity index (χ3v) is 4.10. The van der Waals surface area contributed by atoms with Gasteiger partial charge >= 0.3 is 0 Å². The second-order valence-corrected chi connectivity index (χ2v) is 5.86. The molecule has 4 nitrogen and oxygen atoms in total. The number of halogens is 1. The minimum atomic E-state index is 0.172. The summed E-state index contributed by atoms with van der Waals surface area (Å²) in [5.41, 5.74) is 0.982. The quantitative estimate of drug-likeness (QED) is 0.915. The Hall–Kier alpha value is -0.910. The van der Waals surface area contributed by atoms with Crippen molar-refractivity contribution < 1.29 is 4.79 Å². The van der Waals surface area contributed by atoms with Gasteiger partial charge in [0.2, 0.25) is 5.91 Å². The van der Waals surface area contributed by atoms with Crippen molar-refractivity contribution >= 4 is 27.5 Å². The van der Waals surface area contributed by atoms with Crippen LogP contribution < -0.4 is 10.2 Å². The Kier molecular flexibility index (Phi) is 4.96. The molecule has 1 aromatic carbocycles. The normalized spacial score (nSPS) is 20.9. The number of rotatable bonds is 4. The number of nitrogens with zero attached hydrogens (tertiary/aromatic N) is 2. The van der Waals surface area contributed by atoms with E-state index >= 15 is 0 Å². The molecule has 1 atom stereocenters. The van der Waals surface area contributed by atoms with Gasteiger partial charge in [-0.15, -0.1) is 0 Å². The average molecular weight is 326 g/mol. The van der Waals surface area contributed by atoms with Crippen molar-refractivity contribution in [1.29, 1.82) is 0 Å². The molecule has 1 aliphatic rings. The van der Waals surface area contributed by atoms with Gasteiger partial charge in [0.25, 0.3) is 0 Å². The first kappa shape index (κ1) is 14.5. The monoisotopic (exact) mass is 325 g/mol. The lowest BCUT2D eigenvalue weighted by molar-refractivity contribution is -0.122. The molecular formula is C14H20BrN3O. The summed E-state index contributed by atoms with van der Waals surface area (Å²) in [5.74, 6) is 0.172. The largest absolute Gasteiger partial charge is 0.320 e. The number of carbonyl (C=O) groups excluding carboxylic acids is 1. The Morgan fingerprint density at radius 1 is 1.37 bits per heavy atom. The Morgan fingerprint density at radius 3 is 2.68 bits per heavy atom. The van der Waals surface area contributed by atoms with Crippen LogP contribution in [0.1, 0.15) is 6.42 Å². The second-order valence-electron chi connectivity index (χ2n) is 4.94. The Labute approximate surface area is 122 Å². The molecule has 1 unspecified atom stereocenters. The zero-order valence-corrected chi connectivity index (χ0v) is 13.0. The highest BCUT2D eigenvalue weighted by Gasteiger charge is 2.30. The van der Waals surface area contributed by atoms with Crippen LogP contribution in [-0.4, -0.2) is 50.6 Å². The molecule has 0 aliphatic carbocycles.